The average Bonchev–Trinajstić information content (AvgIpc) is 3.18. The monoisotopic (exact) mass is 515 g/mol. The lowest BCUT2D eigenvalue weighted by Gasteiger charge is -2.33. The maximum absolute atomic E-state index is 13.7. The summed E-state index contributed by atoms with van der Waals surface area (Å²) in [5.41, 5.74) is -0.0599. The molecular formula is C23H25ClF3N3O3S. The van der Waals surface area contributed by atoms with Crippen molar-refractivity contribution < 1.29 is 26.4 Å². The Balaban J connectivity index is 1.69. The number of hydrogen-bond donors (Lipinski definition) is 1. The van der Waals surface area contributed by atoms with Crippen molar-refractivity contribution in [3.63, 3.8) is 0 Å². The number of hydrogen-bond acceptors (Lipinski definition) is 3. The van der Waals surface area contributed by atoms with Gasteiger partial charge in [-0.2, -0.15) is 13.2 Å². The summed E-state index contributed by atoms with van der Waals surface area (Å²) >= 11 is 6.00. The van der Waals surface area contributed by atoms with Crippen LogP contribution in [0.15, 0.2) is 48.5 Å². The Bertz CT molecular complexity index is 1140. The third-order valence-corrected chi connectivity index (χ3v) is 8.80. The third-order valence-electron chi connectivity index (χ3n) is 6.32. The zero-order chi connectivity index (χ0) is 24.5. The van der Waals surface area contributed by atoms with Crippen molar-refractivity contribution in [1.82, 2.24) is 14.5 Å². The van der Waals surface area contributed by atoms with Crippen molar-refractivity contribution in [2.45, 2.75) is 36.7 Å². The molecule has 2 aliphatic rings. The van der Waals surface area contributed by atoms with E-state index in [1.54, 1.807) is 24.3 Å². The number of sulfonamides is 1. The van der Waals surface area contributed by atoms with E-state index in [0.717, 1.165) is 31.4 Å². The highest BCUT2D eigenvalue weighted by Gasteiger charge is 2.41. The molecule has 6 nitrogen and oxygen atoms in total. The molecule has 0 spiro atoms. The first kappa shape index (κ1) is 24.8. The quantitative estimate of drug-likeness (QED) is 0.590. The summed E-state index contributed by atoms with van der Waals surface area (Å²) < 4.78 is 68.6. The molecule has 0 aliphatic carbocycles. The van der Waals surface area contributed by atoms with Crippen LogP contribution in [0.5, 0.6) is 0 Å². The van der Waals surface area contributed by atoms with Crippen LogP contribution in [0.2, 0.25) is 5.02 Å². The Morgan fingerprint density at radius 1 is 1.06 bits per heavy atom. The summed E-state index contributed by atoms with van der Waals surface area (Å²) in [6.07, 6.45) is -2.07. The third kappa shape index (κ3) is 5.18. The van der Waals surface area contributed by atoms with Gasteiger partial charge in [0, 0.05) is 31.2 Å². The fourth-order valence-electron chi connectivity index (χ4n) is 4.49. The highest BCUT2D eigenvalue weighted by Crippen LogP contribution is 2.36. The minimum Gasteiger partial charge on any atom is -0.336 e. The lowest BCUT2D eigenvalue weighted by molar-refractivity contribution is -0.137. The molecule has 2 atom stereocenters. The van der Waals surface area contributed by atoms with Crippen LogP contribution in [0.1, 0.15) is 47.2 Å². The Hall–Kier alpha value is -2.30. The van der Waals surface area contributed by atoms with Gasteiger partial charge in [-0.25, -0.2) is 17.5 Å². The van der Waals surface area contributed by atoms with Gasteiger partial charge in [-0.3, -0.25) is 0 Å². The van der Waals surface area contributed by atoms with Gasteiger partial charge in [0.1, 0.15) is 5.25 Å². The molecule has 4 rings (SSSR count). The topological polar surface area (TPSA) is 69.7 Å². The normalized spacial score (nSPS) is 20.9. The zero-order valence-corrected chi connectivity index (χ0v) is 19.8. The van der Waals surface area contributed by atoms with Gasteiger partial charge in [-0.1, -0.05) is 42.3 Å². The molecule has 2 aliphatic heterocycles. The fourth-order valence-corrected chi connectivity index (χ4v) is 6.60. The SMILES string of the molecule is O=C1NC[C@H](c2cccc(C(F)(F)F)c2)N1CC(c1ccc(Cl)cc1)S(=O)(=O)N1CCCCC1. The molecule has 1 unspecified atom stereocenters. The van der Waals surface area contributed by atoms with Gasteiger partial charge in [0.05, 0.1) is 11.6 Å². The molecule has 2 aromatic carbocycles. The van der Waals surface area contributed by atoms with Crippen molar-refractivity contribution >= 4 is 27.7 Å². The Morgan fingerprint density at radius 2 is 1.74 bits per heavy atom. The van der Waals surface area contributed by atoms with Crippen molar-refractivity contribution in [3.05, 3.63) is 70.2 Å². The summed E-state index contributed by atoms with van der Waals surface area (Å²) in [4.78, 5) is 14.0. The van der Waals surface area contributed by atoms with E-state index >= 15 is 0 Å². The molecule has 2 amide bonds. The van der Waals surface area contributed by atoms with Gasteiger partial charge in [-0.05, 0) is 48.2 Å². The molecule has 2 fully saturated rings. The standard InChI is InChI=1S/C23H25ClF3N3O3S/c24-19-9-7-16(8-10-19)21(34(32,33)29-11-2-1-3-12-29)15-30-20(14-28-22(30)31)17-5-4-6-18(13-17)23(25,26)27/h4-10,13,20-21H,1-3,11-12,14-15H2,(H,28,31)/t20-,21?/m1/s1. The highest BCUT2D eigenvalue weighted by atomic mass is 35.5. The van der Waals surface area contributed by atoms with E-state index in [1.807, 2.05) is 0 Å². The van der Waals surface area contributed by atoms with Gasteiger partial charge in [0.2, 0.25) is 10.0 Å². The average molecular weight is 516 g/mol. The number of carbonyl (C=O) groups is 1. The smallest absolute Gasteiger partial charge is 0.336 e. The maximum Gasteiger partial charge on any atom is 0.416 e. The van der Waals surface area contributed by atoms with Crippen LogP contribution in [0.3, 0.4) is 0 Å². The number of nitrogens with zero attached hydrogens (tertiary/aromatic N) is 2. The zero-order valence-electron chi connectivity index (χ0n) is 18.3. The summed E-state index contributed by atoms with van der Waals surface area (Å²) in [6.45, 7) is 0.676. The molecule has 34 heavy (non-hydrogen) atoms. The molecule has 2 saturated heterocycles. The van der Waals surface area contributed by atoms with E-state index in [1.165, 1.54) is 21.3 Å². The Kier molecular flexibility index (Phi) is 7.12. The van der Waals surface area contributed by atoms with E-state index in [0.29, 0.717) is 29.2 Å². The molecule has 184 valence electrons. The van der Waals surface area contributed by atoms with Gasteiger partial charge in [0.25, 0.3) is 0 Å². The van der Waals surface area contributed by atoms with Gasteiger partial charge in [-0.15, -0.1) is 0 Å². The van der Waals surface area contributed by atoms with Crippen LogP contribution in [0, 0.1) is 0 Å². The maximum atomic E-state index is 13.7. The van der Waals surface area contributed by atoms with Crippen LogP contribution < -0.4 is 5.32 Å². The fraction of sp³-hybridized carbons (Fsp3) is 0.435. The molecule has 2 aromatic rings. The minimum atomic E-state index is -4.53. The van der Waals surface area contributed by atoms with E-state index in [-0.39, 0.29) is 13.1 Å². The largest absolute Gasteiger partial charge is 0.416 e. The van der Waals surface area contributed by atoms with Gasteiger partial charge < -0.3 is 10.2 Å². The number of alkyl halides is 3. The van der Waals surface area contributed by atoms with Crippen molar-refractivity contribution in [1.29, 1.82) is 0 Å². The van der Waals surface area contributed by atoms with Gasteiger partial charge >= 0.3 is 12.2 Å². The minimum absolute atomic E-state index is 0.0806. The van der Waals surface area contributed by atoms with Crippen molar-refractivity contribution in [2.24, 2.45) is 0 Å². The van der Waals surface area contributed by atoms with Crippen LogP contribution in [0.4, 0.5) is 18.0 Å². The summed E-state index contributed by atoms with van der Waals surface area (Å²) in [5, 5.41) is 2.01. The number of benzene rings is 2. The molecule has 1 N–H and O–H groups in total. The molecular weight excluding hydrogens is 491 g/mol. The number of piperidine rings is 1. The Morgan fingerprint density at radius 3 is 2.38 bits per heavy atom. The van der Waals surface area contributed by atoms with E-state index in [2.05, 4.69) is 5.32 Å². The van der Waals surface area contributed by atoms with Crippen LogP contribution in [-0.2, 0) is 16.2 Å². The summed E-state index contributed by atoms with van der Waals surface area (Å²) in [5.74, 6) is 0. The van der Waals surface area contributed by atoms with Crippen LogP contribution in [-0.4, -0.2) is 49.8 Å². The van der Waals surface area contributed by atoms with Gasteiger partial charge in [0.15, 0.2) is 0 Å². The first-order chi connectivity index (χ1) is 16.1. The van der Waals surface area contributed by atoms with E-state index in [9.17, 15) is 26.4 Å². The highest BCUT2D eigenvalue weighted by molar-refractivity contribution is 7.89. The second-order valence-electron chi connectivity index (χ2n) is 8.52. The molecule has 2 heterocycles. The predicted octanol–water partition coefficient (Wildman–Crippen LogP) is 4.98. The molecule has 11 heteroatoms. The molecule has 0 aromatic heterocycles. The second kappa shape index (κ2) is 9.75. The van der Waals surface area contributed by atoms with Crippen molar-refractivity contribution in [2.75, 3.05) is 26.2 Å². The Labute approximate surface area is 201 Å². The van der Waals surface area contributed by atoms with E-state index in [4.69, 9.17) is 11.6 Å². The molecule has 0 bridgehead atoms. The summed E-state index contributed by atoms with van der Waals surface area (Å²) in [6, 6.07) is 9.93. The lowest BCUT2D eigenvalue weighted by Crippen LogP contribution is -2.43. The number of rotatable bonds is 6. The van der Waals surface area contributed by atoms with E-state index < -0.39 is 39.1 Å². The predicted molar refractivity (Wildman–Crippen MR) is 123 cm³/mol. The van der Waals surface area contributed by atoms with Crippen LogP contribution in [0.25, 0.3) is 0 Å². The number of urea groups is 1. The first-order valence-corrected chi connectivity index (χ1v) is 12.9. The number of amides is 2. The summed E-state index contributed by atoms with van der Waals surface area (Å²) in [7, 11) is -3.85. The lowest BCUT2D eigenvalue weighted by atomic mass is 10.0. The van der Waals surface area contributed by atoms with Crippen LogP contribution >= 0.6 is 11.6 Å². The molecule has 0 saturated carbocycles. The number of nitrogens with one attached hydrogen (secondary N) is 1. The second-order valence-corrected chi connectivity index (χ2v) is 11.1. The first-order valence-electron chi connectivity index (χ1n) is 11.0. The number of carbonyl (C=O) groups excluding carboxylic acids is 1. The number of halogens is 4. The van der Waals surface area contributed by atoms with Crippen molar-refractivity contribution in [3.8, 4) is 0 Å². The molecule has 0 radical (unpaired) electrons.